The standard InChI is InChI=1S/C15H20N4OS/c1-20-13-14(16)17-21-15(13)19-9-7-18(8-10-19)11-12-5-3-2-4-6-12/h2-6H,7-11H2,1H3,(H2,16,17). The van der Waals surface area contributed by atoms with Crippen LogP contribution < -0.4 is 15.4 Å². The lowest BCUT2D eigenvalue weighted by molar-refractivity contribution is 0.249. The maximum Gasteiger partial charge on any atom is 0.197 e. The monoisotopic (exact) mass is 304 g/mol. The van der Waals surface area contributed by atoms with Gasteiger partial charge in [0.1, 0.15) is 0 Å². The summed E-state index contributed by atoms with van der Waals surface area (Å²) >= 11 is 1.42. The summed E-state index contributed by atoms with van der Waals surface area (Å²) in [6.45, 7) is 5.04. The van der Waals surface area contributed by atoms with Gasteiger partial charge >= 0.3 is 0 Å². The molecule has 0 saturated carbocycles. The van der Waals surface area contributed by atoms with Gasteiger partial charge in [0.25, 0.3) is 0 Å². The summed E-state index contributed by atoms with van der Waals surface area (Å²) in [6.07, 6.45) is 0. The van der Waals surface area contributed by atoms with E-state index in [-0.39, 0.29) is 0 Å². The maximum atomic E-state index is 5.83. The largest absolute Gasteiger partial charge is 0.490 e. The fraction of sp³-hybridized carbons (Fsp3) is 0.400. The van der Waals surface area contributed by atoms with E-state index in [0.717, 1.165) is 43.5 Å². The van der Waals surface area contributed by atoms with E-state index in [9.17, 15) is 0 Å². The van der Waals surface area contributed by atoms with E-state index < -0.39 is 0 Å². The smallest absolute Gasteiger partial charge is 0.197 e. The van der Waals surface area contributed by atoms with Gasteiger partial charge in [-0.25, -0.2) is 0 Å². The van der Waals surface area contributed by atoms with Gasteiger partial charge in [-0.3, -0.25) is 4.90 Å². The minimum Gasteiger partial charge on any atom is -0.490 e. The molecule has 3 rings (SSSR count). The molecule has 21 heavy (non-hydrogen) atoms. The molecule has 0 amide bonds. The number of anilines is 2. The zero-order valence-corrected chi connectivity index (χ0v) is 13.0. The highest BCUT2D eigenvalue weighted by atomic mass is 32.1. The minimum absolute atomic E-state index is 0.490. The molecule has 0 spiro atoms. The van der Waals surface area contributed by atoms with Crippen LogP contribution in [0.25, 0.3) is 0 Å². The first kappa shape index (κ1) is 14.2. The fourth-order valence-corrected chi connectivity index (χ4v) is 3.47. The van der Waals surface area contributed by atoms with Gasteiger partial charge in [-0.15, -0.1) is 0 Å². The first-order valence-electron chi connectivity index (χ1n) is 7.08. The number of rotatable bonds is 4. The zero-order valence-electron chi connectivity index (χ0n) is 12.2. The number of aromatic nitrogens is 1. The molecule has 0 unspecified atom stereocenters. The van der Waals surface area contributed by atoms with Crippen LogP contribution in [0.5, 0.6) is 5.75 Å². The van der Waals surface area contributed by atoms with Gasteiger partial charge in [0, 0.05) is 32.7 Å². The maximum absolute atomic E-state index is 5.83. The molecule has 6 heteroatoms. The van der Waals surface area contributed by atoms with E-state index in [0.29, 0.717) is 5.82 Å². The third-order valence-electron chi connectivity index (χ3n) is 3.77. The van der Waals surface area contributed by atoms with E-state index in [1.165, 1.54) is 17.1 Å². The van der Waals surface area contributed by atoms with Crippen molar-refractivity contribution in [2.75, 3.05) is 43.9 Å². The molecule has 0 bridgehead atoms. The molecule has 0 radical (unpaired) electrons. The Kier molecular flexibility index (Phi) is 4.26. The number of nitrogen functional groups attached to an aromatic ring is 1. The zero-order chi connectivity index (χ0) is 14.7. The molecule has 1 aliphatic rings. The number of piperazine rings is 1. The lowest BCUT2D eigenvalue weighted by atomic mass is 10.2. The first-order valence-corrected chi connectivity index (χ1v) is 7.85. The van der Waals surface area contributed by atoms with E-state index in [1.807, 2.05) is 0 Å². The highest BCUT2D eigenvalue weighted by molar-refractivity contribution is 7.11. The third kappa shape index (κ3) is 3.11. The molecule has 2 N–H and O–H groups in total. The van der Waals surface area contributed by atoms with Gasteiger partial charge in [-0.1, -0.05) is 30.3 Å². The Labute approximate surface area is 129 Å². The highest BCUT2D eigenvalue weighted by Crippen LogP contribution is 2.38. The SMILES string of the molecule is COc1c(N)nsc1N1CCN(Cc2ccccc2)CC1. The van der Waals surface area contributed by atoms with Crippen LogP contribution in [0.1, 0.15) is 5.56 Å². The van der Waals surface area contributed by atoms with E-state index in [1.54, 1.807) is 7.11 Å². The van der Waals surface area contributed by atoms with Crippen LogP contribution in [-0.4, -0.2) is 42.6 Å². The number of methoxy groups -OCH3 is 1. The number of benzene rings is 1. The van der Waals surface area contributed by atoms with Crippen molar-refractivity contribution in [1.29, 1.82) is 0 Å². The predicted molar refractivity (Wildman–Crippen MR) is 87.0 cm³/mol. The molecule has 0 aliphatic carbocycles. The number of nitrogens with zero attached hydrogens (tertiary/aromatic N) is 3. The summed E-state index contributed by atoms with van der Waals surface area (Å²) in [7, 11) is 1.65. The van der Waals surface area contributed by atoms with Crippen molar-refractivity contribution in [3.63, 3.8) is 0 Å². The second-order valence-corrected chi connectivity index (χ2v) is 5.91. The molecule has 5 nitrogen and oxygen atoms in total. The summed E-state index contributed by atoms with van der Waals surface area (Å²) in [5.74, 6) is 1.21. The van der Waals surface area contributed by atoms with Gasteiger partial charge in [0.2, 0.25) is 0 Å². The van der Waals surface area contributed by atoms with Gasteiger partial charge in [0.05, 0.1) is 7.11 Å². The molecular formula is C15H20N4OS. The van der Waals surface area contributed by atoms with E-state index in [2.05, 4.69) is 44.5 Å². The average Bonchev–Trinajstić information content (AvgIpc) is 2.90. The van der Waals surface area contributed by atoms with Crippen LogP contribution in [0, 0.1) is 0 Å². The average molecular weight is 304 g/mol. The first-order chi connectivity index (χ1) is 10.3. The molecule has 1 fully saturated rings. The lowest BCUT2D eigenvalue weighted by Crippen LogP contribution is -2.45. The molecule has 1 saturated heterocycles. The van der Waals surface area contributed by atoms with Crippen molar-refractivity contribution in [1.82, 2.24) is 9.27 Å². The molecule has 1 aromatic heterocycles. The Morgan fingerprint density at radius 2 is 1.90 bits per heavy atom. The molecule has 2 aromatic rings. The molecule has 1 aliphatic heterocycles. The summed E-state index contributed by atoms with van der Waals surface area (Å²) in [5, 5.41) is 1.05. The Morgan fingerprint density at radius 1 is 1.19 bits per heavy atom. The predicted octanol–water partition coefficient (Wildman–Crippen LogP) is 2.06. The van der Waals surface area contributed by atoms with Crippen molar-refractivity contribution in [2.45, 2.75) is 6.54 Å². The number of hydrogen-bond donors (Lipinski definition) is 1. The Bertz CT molecular complexity index is 579. The minimum atomic E-state index is 0.490. The van der Waals surface area contributed by atoms with Gasteiger partial charge < -0.3 is 15.4 Å². The summed E-state index contributed by atoms with van der Waals surface area (Å²) in [4.78, 5) is 4.79. The summed E-state index contributed by atoms with van der Waals surface area (Å²) < 4.78 is 9.55. The molecule has 112 valence electrons. The second kappa shape index (κ2) is 6.32. The lowest BCUT2D eigenvalue weighted by Gasteiger charge is -2.35. The van der Waals surface area contributed by atoms with Crippen LogP contribution in [0.4, 0.5) is 10.8 Å². The second-order valence-electron chi connectivity index (χ2n) is 5.16. The van der Waals surface area contributed by atoms with Crippen molar-refractivity contribution in [3.8, 4) is 5.75 Å². The van der Waals surface area contributed by atoms with Gasteiger partial charge in [-0.05, 0) is 17.1 Å². The van der Waals surface area contributed by atoms with Crippen molar-refractivity contribution >= 4 is 22.4 Å². The van der Waals surface area contributed by atoms with Gasteiger partial charge in [-0.2, -0.15) is 4.37 Å². The van der Waals surface area contributed by atoms with E-state index >= 15 is 0 Å². The Hall–Kier alpha value is -1.79. The molecular weight excluding hydrogens is 284 g/mol. The fourth-order valence-electron chi connectivity index (χ4n) is 2.63. The third-order valence-corrected chi connectivity index (χ3v) is 4.67. The van der Waals surface area contributed by atoms with Crippen LogP contribution in [0.2, 0.25) is 0 Å². The molecule has 2 heterocycles. The number of hydrogen-bond acceptors (Lipinski definition) is 6. The number of ether oxygens (including phenoxy) is 1. The summed E-state index contributed by atoms with van der Waals surface area (Å²) in [6, 6.07) is 10.6. The van der Waals surface area contributed by atoms with Crippen LogP contribution in [0.3, 0.4) is 0 Å². The Morgan fingerprint density at radius 3 is 2.57 bits per heavy atom. The van der Waals surface area contributed by atoms with Crippen molar-refractivity contribution < 1.29 is 4.74 Å². The van der Waals surface area contributed by atoms with Crippen molar-refractivity contribution in [3.05, 3.63) is 35.9 Å². The summed E-state index contributed by atoms with van der Waals surface area (Å²) in [5.41, 5.74) is 7.19. The van der Waals surface area contributed by atoms with Crippen LogP contribution >= 0.6 is 11.5 Å². The quantitative estimate of drug-likeness (QED) is 0.937. The number of nitrogens with two attached hydrogens (primary N) is 1. The van der Waals surface area contributed by atoms with Crippen LogP contribution in [0.15, 0.2) is 30.3 Å². The normalized spacial score (nSPS) is 16.1. The molecule has 1 aromatic carbocycles. The molecule has 0 atom stereocenters. The Balaban J connectivity index is 1.60. The van der Waals surface area contributed by atoms with Crippen LogP contribution in [-0.2, 0) is 6.54 Å². The van der Waals surface area contributed by atoms with Gasteiger partial charge in [0.15, 0.2) is 16.6 Å². The topological polar surface area (TPSA) is 54.6 Å². The highest BCUT2D eigenvalue weighted by Gasteiger charge is 2.23. The van der Waals surface area contributed by atoms with E-state index in [4.69, 9.17) is 10.5 Å². The van der Waals surface area contributed by atoms with Crippen molar-refractivity contribution in [2.24, 2.45) is 0 Å².